The lowest BCUT2D eigenvalue weighted by Crippen LogP contribution is -2.39. The second kappa shape index (κ2) is 6.16. The zero-order valence-corrected chi connectivity index (χ0v) is 11.6. The van der Waals surface area contributed by atoms with Crippen molar-refractivity contribution in [2.75, 3.05) is 20.2 Å². The van der Waals surface area contributed by atoms with Gasteiger partial charge in [-0.3, -0.25) is 0 Å². The highest BCUT2D eigenvalue weighted by molar-refractivity contribution is 7.80. The van der Waals surface area contributed by atoms with Crippen molar-refractivity contribution in [1.82, 2.24) is 4.90 Å². The number of hydrogen-bond acceptors (Lipinski definition) is 3. The van der Waals surface area contributed by atoms with Crippen molar-refractivity contribution in [2.24, 2.45) is 5.73 Å². The van der Waals surface area contributed by atoms with E-state index in [0.29, 0.717) is 11.6 Å². The van der Waals surface area contributed by atoms with Crippen LogP contribution in [0.1, 0.15) is 24.8 Å². The van der Waals surface area contributed by atoms with Crippen LogP contribution >= 0.6 is 12.2 Å². The van der Waals surface area contributed by atoms with Gasteiger partial charge >= 0.3 is 0 Å². The zero-order valence-electron chi connectivity index (χ0n) is 10.8. The topological polar surface area (TPSA) is 38.5 Å². The standard InChI is InChI=1S/C14H20N2OS/c1-16(12-5-3-6-12)8-9-17-13-7-2-4-11(10-13)14(15)18/h2,4,7,10,12H,3,5-6,8-9H2,1H3,(H2,15,18). The molecular weight excluding hydrogens is 244 g/mol. The summed E-state index contributed by atoms with van der Waals surface area (Å²) >= 11 is 4.95. The van der Waals surface area contributed by atoms with Crippen LogP contribution in [-0.2, 0) is 0 Å². The van der Waals surface area contributed by atoms with E-state index in [2.05, 4.69) is 11.9 Å². The lowest BCUT2D eigenvalue weighted by atomic mass is 9.92. The molecule has 1 aromatic carbocycles. The van der Waals surface area contributed by atoms with E-state index >= 15 is 0 Å². The second-order valence-corrected chi connectivity index (χ2v) is 5.25. The Morgan fingerprint density at radius 3 is 2.89 bits per heavy atom. The van der Waals surface area contributed by atoms with Gasteiger partial charge in [-0.15, -0.1) is 0 Å². The van der Waals surface area contributed by atoms with Gasteiger partial charge in [-0.2, -0.15) is 0 Å². The van der Waals surface area contributed by atoms with E-state index in [1.807, 2.05) is 24.3 Å². The number of benzene rings is 1. The molecule has 4 heteroatoms. The average molecular weight is 264 g/mol. The van der Waals surface area contributed by atoms with Crippen molar-refractivity contribution < 1.29 is 4.74 Å². The quantitative estimate of drug-likeness (QED) is 0.799. The van der Waals surface area contributed by atoms with E-state index in [-0.39, 0.29) is 0 Å². The number of nitrogens with two attached hydrogens (primary N) is 1. The van der Waals surface area contributed by atoms with E-state index in [4.69, 9.17) is 22.7 Å². The molecule has 98 valence electrons. The van der Waals surface area contributed by atoms with E-state index in [0.717, 1.165) is 23.9 Å². The van der Waals surface area contributed by atoms with Gasteiger partial charge in [-0.1, -0.05) is 30.8 Å². The summed E-state index contributed by atoms with van der Waals surface area (Å²) in [6, 6.07) is 8.41. The molecule has 0 aliphatic heterocycles. The summed E-state index contributed by atoms with van der Waals surface area (Å²) in [7, 11) is 2.17. The van der Waals surface area contributed by atoms with Crippen molar-refractivity contribution in [1.29, 1.82) is 0 Å². The monoisotopic (exact) mass is 264 g/mol. The fourth-order valence-electron chi connectivity index (χ4n) is 2.06. The molecule has 1 fully saturated rings. The molecule has 0 heterocycles. The Hall–Kier alpha value is -1.13. The number of hydrogen-bond donors (Lipinski definition) is 1. The van der Waals surface area contributed by atoms with Gasteiger partial charge in [0.15, 0.2) is 0 Å². The first-order chi connectivity index (χ1) is 8.66. The van der Waals surface area contributed by atoms with Gasteiger partial charge in [-0.25, -0.2) is 0 Å². The maximum atomic E-state index is 5.73. The average Bonchev–Trinajstić information content (AvgIpc) is 2.27. The van der Waals surface area contributed by atoms with Crippen LogP contribution in [0.25, 0.3) is 0 Å². The second-order valence-electron chi connectivity index (χ2n) is 4.81. The highest BCUT2D eigenvalue weighted by atomic mass is 32.1. The number of thiocarbonyl (C=S) groups is 1. The summed E-state index contributed by atoms with van der Waals surface area (Å²) in [6.07, 6.45) is 4.02. The Morgan fingerprint density at radius 1 is 1.50 bits per heavy atom. The van der Waals surface area contributed by atoms with Gasteiger partial charge in [0.1, 0.15) is 17.3 Å². The molecule has 1 aliphatic rings. The number of ether oxygens (including phenoxy) is 1. The maximum Gasteiger partial charge on any atom is 0.120 e. The zero-order chi connectivity index (χ0) is 13.0. The fraction of sp³-hybridized carbons (Fsp3) is 0.500. The van der Waals surface area contributed by atoms with E-state index in [1.54, 1.807) is 0 Å². The Bertz CT molecular complexity index is 418. The summed E-state index contributed by atoms with van der Waals surface area (Å²) in [5.74, 6) is 0.835. The van der Waals surface area contributed by atoms with Crippen molar-refractivity contribution in [2.45, 2.75) is 25.3 Å². The van der Waals surface area contributed by atoms with Crippen LogP contribution in [-0.4, -0.2) is 36.1 Å². The van der Waals surface area contributed by atoms with Crippen molar-refractivity contribution >= 4 is 17.2 Å². The third-order valence-electron chi connectivity index (χ3n) is 3.53. The molecule has 2 N–H and O–H groups in total. The van der Waals surface area contributed by atoms with E-state index < -0.39 is 0 Å². The number of nitrogens with zero attached hydrogens (tertiary/aromatic N) is 1. The Labute approximate surface area is 114 Å². The summed E-state index contributed by atoms with van der Waals surface area (Å²) in [4.78, 5) is 2.79. The van der Waals surface area contributed by atoms with Crippen molar-refractivity contribution in [3.63, 3.8) is 0 Å². The van der Waals surface area contributed by atoms with Gasteiger partial charge in [0.05, 0.1) is 0 Å². The van der Waals surface area contributed by atoms with Crippen LogP contribution in [0.2, 0.25) is 0 Å². The Balaban J connectivity index is 1.78. The molecule has 0 radical (unpaired) electrons. The Kier molecular flexibility index (Phi) is 4.55. The molecule has 2 rings (SSSR count). The van der Waals surface area contributed by atoms with Gasteiger partial charge in [0, 0.05) is 18.2 Å². The fourth-order valence-corrected chi connectivity index (χ4v) is 2.18. The smallest absolute Gasteiger partial charge is 0.120 e. The van der Waals surface area contributed by atoms with Gasteiger partial charge in [0.2, 0.25) is 0 Å². The highest BCUT2D eigenvalue weighted by Gasteiger charge is 2.21. The minimum atomic E-state index is 0.409. The molecule has 0 atom stereocenters. The van der Waals surface area contributed by atoms with Gasteiger partial charge in [0.25, 0.3) is 0 Å². The summed E-state index contributed by atoms with van der Waals surface area (Å²) in [5, 5.41) is 0. The van der Waals surface area contributed by atoms with Gasteiger partial charge < -0.3 is 15.4 Å². The molecular formula is C14H20N2OS. The lowest BCUT2D eigenvalue weighted by Gasteiger charge is -2.34. The largest absolute Gasteiger partial charge is 0.492 e. The van der Waals surface area contributed by atoms with E-state index in [9.17, 15) is 0 Å². The van der Waals surface area contributed by atoms with E-state index in [1.165, 1.54) is 19.3 Å². The van der Waals surface area contributed by atoms with Crippen molar-refractivity contribution in [3.8, 4) is 5.75 Å². The molecule has 18 heavy (non-hydrogen) atoms. The molecule has 0 aromatic heterocycles. The molecule has 1 aliphatic carbocycles. The molecule has 0 unspecified atom stereocenters. The molecule has 0 bridgehead atoms. The predicted molar refractivity (Wildman–Crippen MR) is 78.1 cm³/mol. The van der Waals surface area contributed by atoms with Crippen LogP contribution in [0.3, 0.4) is 0 Å². The van der Waals surface area contributed by atoms with Crippen LogP contribution < -0.4 is 10.5 Å². The van der Waals surface area contributed by atoms with Crippen LogP contribution in [0.4, 0.5) is 0 Å². The van der Waals surface area contributed by atoms with Crippen LogP contribution in [0.5, 0.6) is 5.75 Å². The lowest BCUT2D eigenvalue weighted by molar-refractivity contribution is 0.135. The van der Waals surface area contributed by atoms with Crippen LogP contribution in [0.15, 0.2) is 24.3 Å². The SMILES string of the molecule is CN(CCOc1cccc(C(N)=S)c1)C1CCC1. The molecule has 1 aromatic rings. The summed E-state index contributed by atoms with van der Waals surface area (Å²) < 4.78 is 5.73. The molecule has 0 spiro atoms. The third kappa shape index (κ3) is 3.43. The maximum absolute atomic E-state index is 5.73. The first kappa shape index (κ1) is 13.3. The van der Waals surface area contributed by atoms with Crippen molar-refractivity contribution in [3.05, 3.63) is 29.8 Å². The minimum Gasteiger partial charge on any atom is -0.492 e. The minimum absolute atomic E-state index is 0.409. The molecule has 3 nitrogen and oxygen atoms in total. The third-order valence-corrected chi connectivity index (χ3v) is 3.77. The molecule has 1 saturated carbocycles. The number of rotatable bonds is 6. The first-order valence-electron chi connectivity index (χ1n) is 6.40. The molecule has 0 saturated heterocycles. The van der Waals surface area contributed by atoms with Gasteiger partial charge in [-0.05, 0) is 32.0 Å². The summed E-state index contributed by atoms with van der Waals surface area (Å²) in [6.45, 7) is 1.66. The highest BCUT2D eigenvalue weighted by Crippen LogP contribution is 2.23. The molecule has 0 amide bonds. The Morgan fingerprint density at radius 2 is 2.28 bits per heavy atom. The normalized spacial score (nSPS) is 15.4. The van der Waals surface area contributed by atoms with Crippen LogP contribution in [0, 0.1) is 0 Å². The summed E-state index contributed by atoms with van der Waals surface area (Å²) in [5.41, 5.74) is 6.45. The first-order valence-corrected chi connectivity index (χ1v) is 6.80. The number of likely N-dealkylation sites (N-methyl/N-ethyl adjacent to an activating group) is 1. The predicted octanol–water partition coefficient (Wildman–Crippen LogP) is 2.18.